The van der Waals surface area contributed by atoms with Gasteiger partial charge in [-0.25, -0.2) is 0 Å². The summed E-state index contributed by atoms with van der Waals surface area (Å²) in [6.07, 6.45) is 1.41. The van der Waals surface area contributed by atoms with Crippen LogP contribution < -0.4 is 4.74 Å². The van der Waals surface area contributed by atoms with Crippen molar-refractivity contribution in [2.45, 2.75) is 53.0 Å². The Bertz CT molecular complexity index is 795. The number of likely N-dealkylation sites (tertiary alicyclic amines) is 1. The third-order valence-corrected chi connectivity index (χ3v) is 6.27. The minimum Gasteiger partial charge on any atom is -0.493 e. The van der Waals surface area contributed by atoms with Gasteiger partial charge in [0, 0.05) is 51.6 Å². The van der Waals surface area contributed by atoms with Gasteiger partial charge in [-0.2, -0.15) is 0 Å². The molecule has 0 saturated carbocycles. The molecule has 31 heavy (non-hydrogen) atoms. The van der Waals surface area contributed by atoms with Crippen molar-refractivity contribution >= 4 is 17.7 Å². The van der Waals surface area contributed by atoms with Gasteiger partial charge in [0.2, 0.25) is 17.7 Å². The number of hydrogen-bond donors (Lipinski definition) is 0. The SMILES string of the molecule is Cc1cccc(C)c1OCCCC(=O)N1CCN(C(=O)C2CC(=O)N(C(C)C)C2)CC1. The summed E-state index contributed by atoms with van der Waals surface area (Å²) in [5.41, 5.74) is 2.21. The summed E-state index contributed by atoms with van der Waals surface area (Å²) < 4.78 is 5.89. The summed E-state index contributed by atoms with van der Waals surface area (Å²) >= 11 is 0. The highest BCUT2D eigenvalue weighted by atomic mass is 16.5. The molecule has 0 bridgehead atoms. The molecule has 7 heteroatoms. The highest BCUT2D eigenvalue weighted by molar-refractivity contribution is 5.89. The van der Waals surface area contributed by atoms with E-state index in [-0.39, 0.29) is 29.7 Å². The fraction of sp³-hybridized carbons (Fsp3) is 0.625. The molecule has 7 nitrogen and oxygen atoms in total. The van der Waals surface area contributed by atoms with Crippen LogP contribution in [0.15, 0.2) is 18.2 Å². The molecule has 0 spiro atoms. The van der Waals surface area contributed by atoms with Gasteiger partial charge >= 0.3 is 0 Å². The van der Waals surface area contributed by atoms with E-state index < -0.39 is 0 Å². The summed E-state index contributed by atoms with van der Waals surface area (Å²) in [5.74, 6) is 0.873. The van der Waals surface area contributed by atoms with E-state index in [0.717, 1.165) is 16.9 Å². The molecule has 3 amide bonds. The van der Waals surface area contributed by atoms with Gasteiger partial charge in [-0.3, -0.25) is 14.4 Å². The predicted molar refractivity (Wildman–Crippen MR) is 119 cm³/mol. The van der Waals surface area contributed by atoms with Crippen molar-refractivity contribution in [3.8, 4) is 5.75 Å². The normalized spacial score (nSPS) is 19.3. The number of benzene rings is 1. The number of piperazine rings is 1. The van der Waals surface area contributed by atoms with Crippen molar-refractivity contribution in [2.24, 2.45) is 5.92 Å². The predicted octanol–water partition coefficient (Wildman–Crippen LogP) is 2.39. The minimum absolute atomic E-state index is 0.0469. The molecule has 1 atom stereocenters. The van der Waals surface area contributed by atoms with Crippen LogP contribution in [0.5, 0.6) is 5.75 Å². The van der Waals surface area contributed by atoms with E-state index in [2.05, 4.69) is 0 Å². The van der Waals surface area contributed by atoms with Crippen LogP contribution in [-0.2, 0) is 14.4 Å². The Labute approximate surface area is 185 Å². The van der Waals surface area contributed by atoms with Gasteiger partial charge in [0.1, 0.15) is 5.75 Å². The standard InChI is InChI=1S/C24H35N3O4/c1-17(2)27-16-20(15-22(27)29)24(30)26-12-10-25(11-13-26)21(28)9-6-14-31-23-18(3)7-5-8-19(23)4/h5,7-8,17,20H,6,9-16H2,1-4H3. The van der Waals surface area contributed by atoms with Gasteiger partial charge in [0.05, 0.1) is 12.5 Å². The average molecular weight is 430 g/mol. The molecule has 1 aromatic rings. The zero-order chi connectivity index (χ0) is 22.5. The molecule has 1 unspecified atom stereocenters. The molecule has 3 rings (SSSR count). The average Bonchev–Trinajstić information content (AvgIpc) is 3.14. The van der Waals surface area contributed by atoms with Gasteiger partial charge in [-0.1, -0.05) is 18.2 Å². The zero-order valence-electron chi connectivity index (χ0n) is 19.2. The Kier molecular flexibility index (Phi) is 7.57. The van der Waals surface area contributed by atoms with Gasteiger partial charge < -0.3 is 19.4 Å². The zero-order valence-corrected chi connectivity index (χ0v) is 19.2. The number of para-hydroxylation sites is 1. The Morgan fingerprint density at radius 1 is 1.06 bits per heavy atom. The Balaban J connectivity index is 1.39. The quantitative estimate of drug-likeness (QED) is 0.624. The fourth-order valence-electron chi connectivity index (χ4n) is 4.41. The van der Waals surface area contributed by atoms with E-state index in [1.165, 1.54) is 0 Å². The van der Waals surface area contributed by atoms with E-state index >= 15 is 0 Å². The molecule has 1 aromatic carbocycles. The maximum atomic E-state index is 12.8. The number of ether oxygens (including phenoxy) is 1. The third kappa shape index (κ3) is 5.57. The molecule has 2 aliphatic heterocycles. The first-order valence-electron chi connectivity index (χ1n) is 11.3. The van der Waals surface area contributed by atoms with Crippen molar-refractivity contribution < 1.29 is 19.1 Å². The van der Waals surface area contributed by atoms with E-state index in [1.807, 2.05) is 55.7 Å². The lowest BCUT2D eigenvalue weighted by Gasteiger charge is -2.36. The fourth-order valence-corrected chi connectivity index (χ4v) is 4.41. The second-order valence-electron chi connectivity index (χ2n) is 8.92. The van der Waals surface area contributed by atoms with Crippen LogP contribution in [-0.4, -0.2) is 77.8 Å². The highest BCUT2D eigenvalue weighted by Gasteiger charge is 2.38. The Hall–Kier alpha value is -2.57. The van der Waals surface area contributed by atoms with Gasteiger partial charge in [-0.15, -0.1) is 0 Å². The first-order valence-corrected chi connectivity index (χ1v) is 11.3. The molecule has 0 radical (unpaired) electrons. The van der Waals surface area contributed by atoms with Crippen LogP contribution in [0.4, 0.5) is 0 Å². The van der Waals surface area contributed by atoms with E-state index in [4.69, 9.17) is 4.74 Å². The number of carbonyl (C=O) groups is 3. The van der Waals surface area contributed by atoms with Crippen molar-refractivity contribution in [1.82, 2.24) is 14.7 Å². The van der Waals surface area contributed by atoms with Crippen LogP contribution in [0.25, 0.3) is 0 Å². The smallest absolute Gasteiger partial charge is 0.228 e. The largest absolute Gasteiger partial charge is 0.493 e. The maximum absolute atomic E-state index is 12.8. The molecule has 2 heterocycles. The van der Waals surface area contributed by atoms with E-state index in [1.54, 1.807) is 4.90 Å². The summed E-state index contributed by atoms with van der Waals surface area (Å²) in [7, 11) is 0. The Morgan fingerprint density at radius 3 is 2.26 bits per heavy atom. The lowest BCUT2D eigenvalue weighted by atomic mass is 10.1. The summed E-state index contributed by atoms with van der Waals surface area (Å²) in [6, 6.07) is 6.18. The maximum Gasteiger partial charge on any atom is 0.228 e. The van der Waals surface area contributed by atoms with Crippen molar-refractivity contribution in [1.29, 1.82) is 0 Å². The minimum atomic E-state index is -0.251. The number of carbonyl (C=O) groups excluding carboxylic acids is 3. The lowest BCUT2D eigenvalue weighted by Crippen LogP contribution is -2.52. The van der Waals surface area contributed by atoms with Crippen molar-refractivity contribution in [3.05, 3.63) is 29.3 Å². The third-order valence-electron chi connectivity index (χ3n) is 6.27. The number of rotatable bonds is 7. The van der Waals surface area contributed by atoms with Crippen LogP contribution >= 0.6 is 0 Å². The second-order valence-corrected chi connectivity index (χ2v) is 8.92. The molecule has 0 aromatic heterocycles. The summed E-state index contributed by atoms with van der Waals surface area (Å²) in [5, 5.41) is 0. The molecular formula is C24H35N3O4. The highest BCUT2D eigenvalue weighted by Crippen LogP contribution is 2.24. The number of amides is 3. The van der Waals surface area contributed by atoms with Crippen LogP contribution in [0.2, 0.25) is 0 Å². The summed E-state index contributed by atoms with van der Waals surface area (Å²) in [6.45, 7) is 11.2. The number of hydrogen-bond acceptors (Lipinski definition) is 4. The lowest BCUT2D eigenvalue weighted by molar-refractivity contribution is -0.142. The van der Waals surface area contributed by atoms with E-state index in [9.17, 15) is 14.4 Å². The van der Waals surface area contributed by atoms with Gasteiger partial charge in [-0.05, 0) is 45.2 Å². The Morgan fingerprint density at radius 2 is 1.68 bits per heavy atom. The van der Waals surface area contributed by atoms with Crippen molar-refractivity contribution in [3.63, 3.8) is 0 Å². The molecule has 0 aliphatic carbocycles. The molecule has 2 saturated heterocycles. The van der Waals surface area contributed by atoms with Gasteiger partial charge in [0.25, 0.3) is 0 Å². The van der Waals surface area contributed by atoms with Crippen LogP contribution in [0, 0.1) is 19.8 Å². The van der Waals surface area contributed by atoms with Crippen molar-refractivity contribution in [2.75, 3.05) is 39.3 Å². The monoisotopic (exact) mass is 429 g/mol. The molecular weight excluding hydrogens is 394 g/mol. The molecule has 2 fully saturated rings. The summed E-state index contributed by atoms with van der Waals surface area (Å²) in [4.78, 5) is 42.9. The topological polar surface area (TPSA) is 70.2 Å². The first-order chi connectivity index (χ1) is 14.8. The second kappa shape index (κ2) is 10.2. The molecule has 2 aliphatic rings. The van der Waals surface area contributed by atoms with Gasteiger partial charge in [0.15, 0.2) is 0 Å². The molecule has 170 valence electrons. The number of nitrogens with zero attached hydrogens (tertiary/aromatic N) is 3. The number of aryl methyl sites for hydroxylation is 2. The van der Waals surface area contributed by atoms with Crippen LogP contribution in [0.3, 0.4) is 0 Å². The molecule has 0 N–H and O–H groups in total. The van der Waals surface area contributed by atoms with E-state index in [0.29, 0.717) is 58.6 Å². The first kappa shape index (κ1) is 23.1. The van der Waals surface area contributed by atoms with Crippen LogP contribution in [0.1, 0.15) is 44.2 Å².